The number of benzene rings is 1. The Kier molecular flexibility index (Phi) is 6.36. The Balaban J connectivity index is 1.56. The molecule has 5 rings (SSSR count). The lowest BCUT2D eigenvalue weighted by Gasteiger charge is -2.25. The second-order valence-corrected chi connectivity index (χ2v) is 10.3. The van der Waals surface area contributed by atoms with Gasteiger partial charge in [-0.25, -0.2) is 4.79 Å². The second kappa shape index (κ2) is 9.48. The first-order valence-electron chi connectivity index (χ1n) is 12.5. The Morgan fingerprint density at radius 2 is 1.92 bits per heavy atom. The fourth-order valence-electron chi connectivity index (χ4n) is 4.96. The molecule has 1 aliphatic carbocycles. The molecular weight excluding hydrogens is 450 g/mol. The van der Waals surface area contributed by atoms with Crippen molar-refractivity contribution in [1.82, 2.24) is 14.1 Å². The lowest BCUT2D eigenvalue weighted by atomic mass is 9.86. The molecule has 7 nitrogen and oxygen atoms in total. The molecule has 0 bridgehead atoms. The minimum Gasteiger partial charge on any atom is -0.372 e. The van der Waals surface area contributed by atoms with Crippen LogP contribution in [0.1, 0.15) is 50.7 Å². The molecule has 36 heavy (non-hydrogen) atoms. The first-order valence-corrected chi connectivity index (χ1v) is 12.5. The topological polar surface area (TPSA) is 98.4 Å². The highest BCUT2D eigenvalue weighted by Crippen LogP contribution is 2.31. The van der Waals surface area contributed by atoms with Gasteiger partial charge in [-0.05, 0) is 80.5 Å². The van der Waals surface area contributed by atoms with Gasteiger partial charge < -0.3 is 15.4 Å². The summed E-state index contributed by atoms with van der Waals surface area (Å²) in [5.41, 5.74) is 12.1. The molecule has 1 aliphatic heterocycles. The summed E-state index contributed by atoms with van der Waals surface area (Å²) in [6, 6.07) is 11.8. The molecule has 2 aliphatic rings. The van der Waals surface area contributed by atoms with Crippen molar-refractivity contribution >= 4 is 11.3 Å². The Morgan fingerprint density at radius 3 is 2.67 bits per heavy atom. The van der Waals surface area contributed by atoms with Crippen LogP contribution in [0.4, 0.5) is 0 Å². The number of aryl methyl sites for hydroxylation is 1. The van der Waals surface area contributed by atoms with Gasteiger partial charge >= 0.3 is 5.69 Å². The highest BCUT2D eigenvalue weighted by Gasteiger charge is 2.23. The number of pyridine rings is 1. The summed E-state index contributed by atoms with van der Waals surface area (Å²) in [5.74, 6) is 0.227. The minimum absolute atomic E-state index is 0.136. The van der Waals surface area contributed by atoms with Crippen molar-refractivity contribution in [1.29, 1.82) is 0 Å². The van der Waals surface area contributed by atoms with Crippen molar-refractivity contribution < 1.29 is 5.11 Å². The Labute approximate surface area is 211 Å². The van der Waals surface area contributed by atoms with Gasteiger partial charge in [0.2, 0.25) is 0 Å². The molecule has 7 heteroatoms. The molecule has 186 valence electrons. The van der Waals surface area contributed by atoms with Gasteiger partial charge in [0.05, 0.1) is 17.1 Å². The second-order valence-electron chi connectivity index (χ2n) is 10.3. The van der Waals surface area contributed by atoms with E-state index in [2.05, 4.69) is 28.2 Å². The van der Waals surface area contributed by atoms with E-state index in [0.717, 1.165) is 58.7 Å². The van der Waals surface area contributed by atoms with Gasteiger partial charge in [-0.1, -0.05) is 30.4 Å². The van der Waals surface area contributed by atoms with Crippen LogP contribution >= 0.6 is 0 Å². The van der Waals surface area contributed by atoms with Gasteiger partial charge in [-0.2, -0.15) is 0 Å². The Bertz CT molecular complexity index is 1420. The molecule has 0 saturated carbocycles. The van der Waals surface area contributed by atoms with Crippen LogP contribution in [0.15, 0.2) is 76.8 Å². The van der Waals surface area contributed by atoms with E-state index >= 15 is 0 Å². The summed E-state index contributed by atoms with van der Waals surface area (Å²) in [4.78, 5) is 22.3. The molecule has 0 amide bonds. The van der Waals surface area contributed by atoms with Gasteiger partial charge in [-0.15, -0.1) is 0 Å². The quantitative estimate of drug-likeness (QED) is 0.577. The molecule has 3 N–H and O–H groups in total. The summed E-state index contributed by atoms with van der Waals surface area (Å²) >= 11 is 0. The highest BCUT2D eigenvalue weighted by atomic mass is 16.3. The van der Waals surface area contributed by atoms with Crippen LogP contribution in [0.25, 0.3) is 22.6 Å². The normalized spacial score (nSPS) is 20.2. The van der Waals surface area contributed by atoms with E-state index in [1.165, 1.54) is 0 Å². The summed E-state index contributed by atoms with van der Waals surface area (Å²) < 4.78 is 3.27. The zero-order valence-electron chi connectivity index (χ0n) is 21.1. The molecular formula is C29H33N5O2. The van der Waals surface area contributed by atoms with Crippen molar-refractivity contribution in [2.75, 3.05) is 0 Å². The fraction of sp³-hybridized carbons (Fsp3) is 0.345. The van der Waals surface area contributed by atoms with Gasteiger partial charge in [0, 0.05) is 36.6 Å². The number of nitrogens with two attached hydrogens (primary N) is 1. The van der Waals surface area contributed by atoms with Crippen molar-refractivity contribution in [2.24, 2.45) is 23.7 Å². The van der Waals surface area contributed by atoms with E-state index in [4.69, 9.17) is 5.73 Å². The van der Waals surface area contributed by atoms with E-state index in [9.17, 15) is 9.90 Å². The number of rotatable bonds is 4. The van der Waals surface area contributed by atoms with E-state index in [1.807, 2.05) is 56.4 Å². The maximum absolute atomic E-state index is 13.1. The molecule has 2 atom stereocenters. The molecule has 3 heterocycles. The van der Waals surface area contributed by atoms with E-state index in [1.54, 1.807) is 22.4 Å². The van der Waals surface area contributed by atoms with E-state index < -0.39 is 11.8 Å². The summed E-state index contributed by atoms with van der Waals surface area (Å²) in [6.45, 7) is 3.92. The third-order valence-electron chi connectivity index (χ3n) is 7.00. The van der Waals surface area contributed by atoms with Crippen LogP contribution in [0.5, 0.6) is 0 Å². The lowest BCUT2D eigenvalue weighted by molar-refractivity contribution is 0.162. The summed E-state index contributed by atoms with van der Waals surface area (Å²) in [6.07, 6.45) is 12.9. The van der Waals surface area contributed by atoms with Crippen LogP contribution in [0.3, 0.4) is 0 Å². The number of aromatic nitrogens is 3. The smallest absolute Gasteiger partial charge is 0.333 e. The van der Waals surface area contributed by atoms with Gasteiger partial charge in [0.15, 0.2) is 0 Å². The molecule has 0 saturated heterocycles. The average molecular weight is 484 g/mol. The van der Waals surface area contributed by atoms with Crippen LogP contribution in [0, 0.1) is 5.92 Å². The van der Waals surface area contributed by atoms with E-state index in [-0.39, 0.29) is 11.6 Å². The molecule has 0 radical (unpaired) electrons. The number of fused-ring (bicyclic) bond motifs is 1. The molecule has 0 spiro atoms. The fourth-order valence-corrected chi connectivity index (χ4v) is 4.96. The number of allylic oxidation sites excluding steroid dienone is 4. The van der Waals surface area contributed by atoms with Crippen LogP contribution in [-0.4, -0.2) is 31.2 Å². The van der Waals surface area contributed by atoms with Crippen molar-refractivity contribution in [3.63, 3.8) is 0 Å². The van der Waals surface area contributed by atoms with E-state index in [0.29, 0.717) is 6.42 Å². The number of hydrogen-bond donors (Lipinski definition) is 2. The first kappa shape index (κ1) is 24.2. The SMILES string of the molecule is Cn1cc(-c2cc(C3=CC4CCC(O)N=C4CCC=C3)ccn2)n(-c2ccc(C(C)(C)N)cc2)c1=O. The molecule has 2 aromatic heterocycles. The predicted molar refractivity (Wildman–Crippen MR) is 144 cm³/mol. The average Bonchev–Trinajstić information content (AvgIpc) is 3.14. The largest absolute Gasteiger partial charge is 0.372 e. The zero-order valence-corrected chi connectivity index (χ0v) is 21.1. The zero-order chi connectivity index (χ0) is 25.4. The van der Waals surface area contributed by atoms with Crippen molar-refractivity contribution in [3.8, 4) is 17.1 Å². The monoisotopic (exact) mass is 483 g/mol. The van der Waals surface area contributed by atoms with Crippen LogP contribution in [0.2, 0.25) is 0 Å². The molecule has 2 unspecified atom stereocenters. The molecule has 3 aromatic rings. The Morgan fingerprint density at radius 1 is 1.14 bits per heavy atom. The van der Waals surface area contributed by atoms with Gasteiger partial charge in [-0.3, -0.25) is 14.5 Å². The number of aliphatic hydroxyl groups is 1. The van der Waals surface area contributed by atoms with Gasteiger partial charge in [0.1, 0.15) is 6.23 Å². The number of hydrogen-bond acceptors (Lipinski definition) is 5. The highest BCUT2D eigenvalue weighted by molar-refractivity contribution is 5.92. The lowest BCUT2D eigenvalue weighted by Crippen LogP contribution is -2.28. The third-order valence-corrected chi connectivity index (χ3v) is 7.00. The minimum atomic E-state index is -0.580. The number of aliphatic imine (C=N–C) groups is 1. The van der Waals surface area contributed by atoms with Crippen LogP contribution in [-0.2, 0) is 12.6 Å². The number of nitrogens with zero attached hydrogens (tertiary/aromatic N) is 4. The Hall–Kier alpha value is -3.55. The summed E-state index contributed by atoms with van der Waals surface area (Å²) in [7, 11) is 1.75. The number of imidazole rings is 1. The first-order chi connectivity index (χ1) is 17.2. The maximum atomic E-state index is 13.1. The number of aliphatic hydroxyl groups excluding tert-OH is 1. The third kappa shape index (κ3) is 4.76. The van der Waals surface area contributed by atoms with Crippen LogP contribution < -0.4 is 11.4 Å². The maximum Gasteiger partial charge on any atom is 0.333 e. The van der Waals surface area contributed by atoms with Crippen molar-refractivity contribution in [3.05, 3.63) is 88.6 Å². The standard InChI is InChI=1S/C29H33N5O2/c1-29(2,30)22-9-11-23(12-10-22)34-26(18-33(3)28(34)36)25-17-20(14-15-31-25)19-6-4-5-7-24-21(16-19)8-13-27(35)32-24/h4,6,9-12,14-18,21,27,35H,5,7-8,13,30H2,1-3H3. The summed E-state index contributed by atoms with van der Waals surface area (Å²) in [5, 5.41) is 9.98. The van der Waals surface area contributed by atoms with Crippen molar-refractivity contribution in [2.45, 2.75) is 51.3 Å². The molecule has 0 fully saturated rings. The molecule has 1 aromatic carbocycles. The van der Waals surface area contributed by atoms with Gasteiger partial charge in [0.25, 0.3) is 0 Å². The predicted octanol–water partition coefficient (Wildman–Crippen LogP) is 4.33.